The summed E-state index contributed by atoms with van der Waals surface area (Å²) in [7, 11) is 2.00. The topological polar surface area (TPSA) is 0 Å². The smallest absolute Gasteiger partial charge is 0.126 e. The van der Waals surface area contributed by atoms with Crippen molar-refractivity contribution >= 4 is 7.85 Å². The molecule has 0 N–H and O–H groups in total. The molecular weight excluding hydrogens is 413 g/mol. The van der Waals surface area contributed by atoms with Crippen molar-refractivity contribution in [1.82, 2.24) is 0 Å². The summed E-state index contributed by atoms with van der Waals surface area (Å²) in [5.41, 5.74) is -1.49. The molecule has 0 aliphatic rings. The molecule has 3 aromatic rings. The van der Waals surface area contributed by atoms with Crippen LogP contribution in [0.15, 0.2) is 54.6 Å². The van der Waals surface area contributed by atoms with Crippen molar-refractivity contribution in [2.45, 2.75) is 37.4 Å². The third-order valence-corrected chi connectivity index (χ3v) is 5.47. The molecule has 0 unspecified atom stereocenters. The molecule has 0 aliphatic heterocycles. The fraction of sp³-hybridized carbons (Fsp3) is 0.250. The summed E-state index contributed by atoms with van der Waals surface area (Å²) in [6, 6.07) is 8.23. The van der Waals surface area contributed by atoms with Gasteiger partial charge in [-0.2, -0.15) is 0 Å². The number of benzene rings is 3. The lowest BCUT2D eigenvalue weighted by Crippen LogP contribution is -2.31. The fourth-order valence-corrected chi connectivity index (χ4v) is 4.15. The fourth-order valence-electron chi connectivity index (χ4n) is 4.15. The Kier molecular flexibility index (Phi) is 7.13. The Hall–Kier alpha value is -2.70. The number of halogens is 6. The standard InChI is InChI=1S/C24H21BF6/c25-5-3-1-2-4-24(15-6-18(26)12-19(27)7-15,16-8-20(28)13-21(29)9-16)17-10-22(30)14-23(31)11-17/h6-14H,1-5,25H2. The minimum atomic E-state index is -1.57. The number of rotatable bonds is 8. The van der Waals surface area contributed by atoms with E-state index < -0.39 is 40.3 Å². The Morgan fingerprint density at radius 2 is 0.806 bits per heavy atom. The zero-order valence-electron chi connectivity index (χ0n) is 17.0. The van der Waals surface area contributed by atoms with Crippen molar-refractivity contribution in [2.24, 2.45) is 0 Å². The highest BCUT2D eigenvalue weighted by molar-refractivity contribution is 6.08. The van der Waals surface area contributed by atoms with Gasteiger partial charge in [0, 0.05) is 23.6 Å². The van der Waals surface area contributed by atoms with Gasteiger partial charge in [-0.3, -0.25) is 0 Å². The van der Waals surface area contributed by atoms with Gasteiger partial charge in [0.15, 0.2) is 0 Å². The second-order valence-corrected chi connectivity index (χ2v) is 7.69. The van der Waals surface area contributed by atoms with Gasteiger partial charge in [0.1, 0.15) is 42.7 Å². The third-order valence-electron chi connectivity index (χ3n) is 5.47. The van der Waals surface area contributed by atoms with E-state index >= 15 is 0 Å². The average molecular weight is 434 g/mol. The van der Waals surface area contributed by atoms with Crippen LogP contribution < -0.4 is 0 Å². The van der Waals surface area contributed by atoms with Crippen LogP contribution in [0.2, 0.25) is 6.32 Å². The van der Waals surface area contributed by atoms with Gasteiger partial charge >= 0.3 is 0 Å². The Labute approximate surface area is 178 Å². The normalized spacial score (nSPS) is 11.7. The Morgan fingerprint density at radius 3 is 1.10 bits per heavy atom. The molecular formula is C24H21BF6. The van der Waals surface area contributed by atoms with Crippen LogP contribution in [0.25, 0.3) is 0 Å². The van der Waals surface area contributed by atoms with Crippen molar-refractivity contribution < 1.29 is 26.3 Å². The molecule has 0 radical (unpaired) electrons. The molecule has 0 bridgehead atoms. The van der Waals surface area contributed by atoms with Gasteiger partial charge in [0.2, 0.25) is 0 Å². The average Bonchev–Trinajstić information content (AvgIpc) is 2.66. The summed E-state index contributed by atoms with van der Waals surface area (Å²) in [4.78, 5) is 0. The van der Waals surface area contributed by atoms with Gasteiger partial charge in [0.25, 0.3) is 0 Å². The lowest BCUT2D eigenvalue weighted by molar-refractivity contribution is 0.485. The van der Waals surface area contributed by atoms with E-state index in [2.05, 4.69) is 0 Å². The van der Waals surface area contributed by atoms with Crippen LogP contribution in [-0.2, 0) is 5.41 Å². The van der Waals surface area contributed by atoms with E-state index in [0.717, 1.165) is 55.6 Å². The van der Waals surface area contributed by atoms with Crippen LogP contribution in [-0.4, -0.2) is 7.85 Å². The first-order valence-electron chi connectivity index (χ1n) is 10.1. The summed E-state index contributed by atoms with van der Waals surface area (Å²) in [6.07, 6.45) is 3.14. The molecule has 3 aromatic carbocycles. The molecule has 3 rings (SSSR count). The van der Waals surface area contributed by atoms with Crippen LogP contribution >= 0.6 is 0 Å². The van der Waals surface area contributed by atoms with Crippen LogP contribution in [0.1, 0.15) is 42.4 Å². The van der Waals surface area contributed by atoms with Crippen molar-refractivity contribution in [2.75, 3.05) is 0 Å². The Balaban J connectivity index is 2.36. The molecule has 0 spiro atoms. The highest BCUT2D eigenvalue weighted by Gasteiger charge is 2.38. The zero-order valence-corrected chi connectivity index (χ0v) is 17.0. The molecule has 162 valence electrons. The zero-order chi connectivity index (χ0) is 22.6. The van der Waals surface area contributed by atoms with E-state index in [1.54, 1.807) is 0 Å². The Morgan fingerprint density at radius 1 is 0.484 bits per heavy atom. The summed E-state index contributed by atoms with van der Waals surface area (Å²) < 4.78 is 85.3. The molecule has 31 heavy (non-hydrogen) atoms. The van der Waals surface area contributed by atoms with Crippen LogP contribution in [0.3, 0.4) is 0 Å². The highest BCUT2D eigenvalue weighted by atomic mass is 19.2. The molecule has 0 aliphatic carbocycles. The monoisotopic (exact) mass is 434 g/mol. The van der Waals surface area contributed by atoms with Gasteiger partial charge in [0.05, 0.1) is 0 Å². The first-order valence-corrected chi connectivity index (χ1v) is 10.1. The maximum atomic E-state index is 14.2. The van der Waals surface area contributed by atoms with E-state index in [4.69, 9.17) is 0 Å². The summed E-state index contributed by atoms with van der Waals surface area (Å²) in [5, 5.41) is 0. The van der Waals surface area contributed by atoms with Gasteiger partial charge in [-0.1, -0.05) is 25.6 Å². The van der Waals surface area contributed by atoms with E-state index in [9.17, 15) is 26.3 Å². The summed E-state index contributed by atoms with van der Waals surface area (Å²) >= 11 is 0. The summed E-state index contributed by atoms with van der Waals surface area (Å²) in [6.45, 7) is 0. The first kappa shape index (κ1) is 23.0. The highest BCUT2D eigenvalue weighted by Crippen LogP contribution is 2.45. The van der Waals surface area contributed by atoms with Crippen molar-refractivity contribution in [3.63, 3.8) is 0 Å². The molecule has 0 saturated carbocycles. The second kappa shape index (κ2) is 9.63. The number of hydrogen-bond donors (Lipinski definition) is 0. The molecule has 0 atom stereocenters. The summed E-state index contributed by atoms with van der Waals surface area (Å²) in [5.74, 6) is -5.41. The van der Waals surface area contributed by atoms with E-state index in [1.807, 2.05) is 7.85 Å². The molecule has 0 fully saturated rings. The largest absolute Gasteiger partial charge is 0.207 e. The minimum absolute atomic E-state index is 0.0245. The maximum absolute atomic E-state index is 14.2. The molecule has 0 heterocycles. The van der Waals surface area contributed by atoms with E-state index in [-0.39, 0.29) is 23.1 Å². The van der Waals surface area contributed by atoms with Crippen molar-refractivity contribution in [1.29, 1.82) is 0 Å². The predicted molar refractivity (Wildman–Crippen MR) is 111 cm³/mol. The molecule has 0 aromatic heterocycles. The predicted octanol–water partition coefficient (Wildman–Crippen LogP) is 6.47. The third kappa shape index (κ3) is 5.14. The number of hydrogen-bond acceptors (Lipinski definition) is 0. The number of unbranched alkanes of at least 4 members (excludes halogenated alkanes) is 2. The van der Waals surface area contributed by atoms with E-state index in [0.29, 0.717) is 24.6 Å². The van der Waals surface area contributed by atoms with Crippen LogP contribution in [0.4, 0.5) is 26.3 Å². The lowest BCUT2D eigenvalue weighted by atomic mass is 9.66. The van der Waals surface area contributed by atoms with Crippen LogP contribution in [0, 0.1) is 34.9 Å². The van der Waals surface area contributed by atoms with Gasteiger partial charge in [-0.15, -0.1) is 0 Å². The molecule has 7 heteroatoms. The van der Waals surface area contributed by atoms with Gasteiger partial charge in [-0.25, -0.2) is 26.3 Å². The van der Waals surface area contributed by atoms with Crippen molar-refractivity contribution in [3.8, 4) is 0 Å². The van der Waals surface area contributed by atoms with Gasteiger partial charge < -0.3 is 0 Å². The quantitative estimate of drug-likeness (QED) is 0.165. The molecule has 0 saturated heterocycles. The van der Waals surface area contributed by atoms with E-state index in [1.165, 1.54) is 0 Å². The Bertz CT molecular complexity index is 880. The molecule has 0 nitrogen and oxygen atoms in total. The minimum Gasteiger partial charge on any atom is -0.207 e. The molecule has 0 amide bonds. The van der Waals surface area contributed by atoms with Crippen molar-refractivity contribution in [3.05, 3.63) is 106 Å². The second-order valence-electron chi connectivity index (χ2n) is 7.69. The SMILES string of the molecule is BCCCCCC(c1cc(F)cc(F)c1)(c1cc(F)cc(F)c1)c1cc(F)cc(F)c1. The first-order chi connectivity index (χ1) is 14.7. The van der Waals surface area contributed by atoms with Gasteiger partial charge in [-0.05, 0) is 59.5 Å². The maximum Gasteiger partial charge on any atom is 0.126 e. The lowest BCUT2D eigenvalue weighted by Gasteiger charge is -2.36. The van der Waals surface area contributed by atoms with Crippen LogP contribution in [0.5, 0.6) is 0 Å².